The summed E-state index contributed by atoms with van der Waals surface area (Å²) in [5.74, 6) is -0.200. The minimum Gasteiger partial charge on any atom is -0.344 e. The van der Waals surface area contributed by atoms with E-state index in [1.807, 2.05) is 42.6 Å². The number of nitrogens with zero attached hydrogens (tertiary/aromatic N) is 3. The van der Waals surface area contributed by atoms with Gasteiger partial charge in [0, 0.05) is 26.0 Å². The number of carbonyl (C=O) groups is 1. The number of carbonyl (C=O) groups excluding carboxylic acids is 1. The van der Waals surface area contributed by atoms with E-state index in [2.05, 4.69) is 9.82 Å². The van der Waals surface area contributed by atoms with Crippen molar-refractivity contribution in [2.75, 3.05) is 13.6 Å². The number of hydrogen-bond donors (Lipinski definition) is 1. The summed E-state index contributed by atoms with van der Waals surface area (Å²) in [6, 6.07) is 15.6. The highest BCUT2D eigenvalue weighted by molar-refractivity contribution is 7.89. The maximum atomic E-state index is 12.7. The van der Waals surface area contributed by atoms with Gasteiger partial charge in [-0.25, -0.2) is 13.1 Å². The zero-order chi connectivity index (χ0) is 19.7. The molecule has 1 aliphatic rings. The van der Waals surface area contributed by atoms with Gasteiger partial charge in [-0.2, -0.15) is 9.82 Å². The Hall–Kier alpha value is -2.97. The first kappa shape index (κ1) is 18.4. The lowest BCUT2D eigenvalue weighted by Gasteiger charge is -2.13. The second-order valence-electron chi connectivity index (χ2n) is 6.75. The summed E-state index contributed by atoms with van der Waals surface area (Å²) in [4.78, 5) is 13.7. The first-order valence-electron chi connectivity index (χ1n) is 8.92. The fourth-order valence-corrected chi connectivity index (χ4v) is 4.53. The molecule has 0 bridgehead atoms. The van der Waals surface area contributed by atoms with E-state index in [0.29, 0.717) is 13.0 Å². The van der Waals surface area contributed by atoms with Crippen LogP contribution in [0.1, 0.15) is 6.42 Å². The van der Waals surface area contributed by atoms with Gasteiger partial charge in [0.1, 0.15) is 6.04 Å². The molecule has 144 valence electrons. The van der Waals surface area contributed by atoms with Gasteiger partial charge in [0.05, 0.1) is 10.6 Å². The molecular weight excluding hydrogens is 376 g/mol. The number of hydrogen-bond acceptors (Lipinski definition) is 4. The van der Waals surface area contributed by atoms with Gasteiger partial charge >= 0.3 is 0 Å². The van der Waals surface area contributed by atoms with Crippen molar-refractivity contribution in [3.05, 3.63) is 67.0 Å². The van der Waals surface area contributed by atoms with Gasteiger partial charge in [-0.05, 0) is 47.9 Å². The number of rotatable bonds is 5. The van der Waals surface area contributed by atoms with E-state index in [9.17, 15) is 13.2 Å². The van der Waals surface area contributed by atoms with Crippen LogP contribution in [-0.4, -0.2) is 48.6 Å². The topological polar surface area (TPSA) is 84.3 Å². The van der Waals surface area contributed by atoms with Crippen LogP contribution in [0.2, 0.25) is 0 Å². The van der Waals surface area contributed by atoms with E-state index in [1.54, 1.807) is 30.1 Å². The second kappa shape index (κ2) is 7.21. The van der Waals surface area contributed by atoms with E-state index < -0.39 is 16.1 Å². The van der Waals surface area contributed by atoms with Gasteiger partial charge in [-0.1, -0.05) is 24.3 Å². The molecule has 1 aliphatic heterocycles. The Bertz CT molecular complexity index is 1090. The van der Waals surface area contributed by atoms with Crippen LogP contribution in [0.4, 0.5) is 0 Å². The molecule has 2 heterocycles. The van der Waals surface area contributed by atoms with Crippen molar-refractivity contribution in [2.45, 2.75) is 17.4 Å². The third-order valence-electron chi connectivity index (χ3n) is 4.84. The van der Waals surface area contributed by atoms with Crippen LogP contribution in [0.3, 0.4) is 0 Å². The maximum Gasteiger partial charge on any atom is 0.241 e. The Morgan fingerprint density at radius 2 is 1.86 bits per heavy atom. The Balaban J connectivity index is 1.58. The molecular formula is C20H20N4O3S. The lowest BCUT2D eigenvalue weighted by molar-refractivity contribution is -0.127. The summed E-state index contributed by atoms with van der Waals surface area (Å²) < 4.78 is 29.8. The minimum atomic E-state index is -3.79. The first-order valence-corrected chi connectivity index (χ1v) is 10.4. The third-order valence-corrected chi connectivity index (χ3v) is 6.31. The molecule has 0 saturated carbocycles. The van der Waals surface area contributed by atoms with Crippen molar-refractivity contribution >= 4 is 15.9 Å². The molecule has 28 heavy (non-hydrogen) atoms. The predicted molar refractivity (Wildman–Crippen MR) is 105 cm³/mol. The molecule has 1 N–H and O–H groups in total. The van der Waals surface area contributed by atoms with Crippen molar-refractivity contribution in [2.24, 2.45) is 0 Å². The lowest BCUT2D eigenvalue weighted by Crippen LogP contribution is -2.40. The molecule has 4 rings (SSSR count). The average Bonchev–Trinajstić information content (AvgIpc) is 3.34. The van der Waals surface area contributed by atoms with Gasteiger partial charge in [-0.15, -0.1) is 0 Å². The minimum absolute atomic E-state index is 0.142. The number of nitrogens with one attached hydrogen (secondary N) is 1. The Labute approximate surface area is 163 Å². The third kappa shape index (κ3) is 3.56. The molecule has 8 heteroatoms. The summed E-state index contributed by atoms with van der Waals surface area (Å²) in [7, 11) is -2.11. The quantitative estimate of drug-likeness (QED) is 0.715. The standard InChI is InChI=1S/C20H20N4O3S/c1-23-13-10-19(20(23)25)22-28(26,27)18-5-2-4-16(14-18)15-6-8-17(9-7-15)24-12-3-11-21-24/h2-9,11-12,14,19,22H,10,13H2,1H3. The van der Waals surface area contributed by atoms with Crippen LogP contribution in [0, 0.1) is 0 Å². The molecule has 1 aromatic heterocycles. The number of likely N-dealkylation sites (N-methyl/N-ethyl adjacent to an activating group) is 1. The van der Waals surface area contributed by atoms with Gasteiger partial charge in [0.2, 0.25) is 15.9 Å². The van der Waals surface area contributed by atoms with Crippen LogP contribution in [-0.2, 0) is 14.8 Å². The van der Waals surface area contributed by atoms with Crippen LogP contribution < -0.4 is 4.72 Å². The van der Waals surface area contributed by atoms with Crippen LogP contribution in [0.25, 0.3) is 16.8 Å². The maximum absolute atomic E-state index is 12.7. The van der Waals surface area contributed by atoms with Crippen LogP contribution >= 0.6 is 0 Å². The number of likely N-dealkylation sites (tertiary alicyclic amines) is 1. The molecule has 1 atom stereocenters. The van der Waals surface area contributed by atoms with Crippen molar-refractivity contribution in [1.82, 2.24) is 19.4 Å². The molecule has 1 fully saturated rings. The normalized spacial score (nSPS) is 17.2. The van der Waals surface area contributed by atoms with Gasteiger partial charge in [0.25, 0.3) is 0 Å². The smallest absolute Gasteiger partial charge is 0.241 e. The zero-order valence-corrected chi connectivity index (χ0v) is 16.1. The van der Waals surface area contributed by atoms with Gasteiger partial charge in [-0.3, -0.25) is 4.79 Å². The average molecular weight is 396 g/mol. The molecule has 0 spiro atoms. The number of benzene rings is 2. The van der Waals surface area contributed by atoms with Crippen LogP contribution in [0.5, 0.6) is 0 Å². The summed E-state index contributed by atoms with van der Waals surface area (Å²) in [6.45, 7) is 0.550. The SMILES string of the molecule is CN1CCC(NS(=O)(=O)c2cccc(-c3ccc(-n4cccn4)cc3)c2)C1=O. The lowest BCUT2D eigenvalue weighted by atomic mass is 10.1. The highest BCUT2D eigenvalue weighted by Crippen LogP contribution is 2.24. The Kier molecular flexibility index (Phi) is 4.74. The van der Waals surface area contributed by atoms with E-state index in [0.717, 1.165) is 16.8 Å². The highest BCUT2D eigenvalue weighted by atomic mass is 32.2. The summed E-state index contributed by atoms with van der Waals surface area (Å²) >= 11 is 0. The Morgan fingerprint density at radius 1 is 1.07 bits per heavy atom. The Morgan fingerprint density at radius 3 is 2.50 bits per heavy atom. The zero-order valence-electron chi connectivity index (χ0n) is 15.3. The molecule has 2 aromatic carbocycles. The number of aromatic nitrogens is 2. The van der Waals surface area contributed by atoms with E-state index in [-0.39, 0.29) is 10.8 Å². The fourth-order valence-electron chi connectivity index (χ4n) is 3.26. The van der Waals surface area contributed by atoms with Crippen molar-refractivity contribution in [3.8, 4) is 16.8 Å². The van der Waals surface area contributed by atoms with E-state index in [4.69, 9.17) is 0 Å². The molecule has 0 radical (unpaired) electrons. The monoisotopic (exact) mass is 396 g/mol. The summed E-state index contributed by atoms with van der Waals surface area (Å²) in [5.41, 5.74) is 2.59. The second-order valence-corrected chi connectivity index (χ2v) is 8.46. The molecule has 1 amide bonds. The van der Waals surface area contributed by atoms with E-state index in [1.165, 1.54) is 11.0 Å². The van der Waals surface area contributed by atoms with Crippen LogP contribution in [0.15, 0.2) is 71.9 Å². The van der Waals surface area contributed by atoms with Gasteiger partial charge < -0.3 is 4.90 Å². The van der Waals surface area contributed by atoms with Crippen molar-refractivity contribution in [3.63, 3.8) is 0 Å². The van der Waals surface area contributed by atoms with Gasteiger partial charge in [0.15, 0.2) is 0 Å². The van der Waals surface area contributed by atoms with Crippen molar-refractivity contribution in [1.29, 1.82) is 0 Å². The number of sulfonamides is 1. The highest BCUT2D eigenvalue weighted by Gasteiger charge is 2.32. The first-order chi connectivity index (χ1) is 13.4. The molecule has 7 nitrogen and oxygen atoms in total. The molecule has 1 unspecified atom stereocenters. The summed E-state index contributed by atoms with van der Waals surface area (Å²) in [5, 5.41) is 4.19. The fraction of sp³-hybridized carbons (Fsp3) is 0.200. The summed E-state index contributed by atoms with van der Waals surface area (Å²) in [6.07, 6.45) is 4.04. The van der Waals surface area contributed by atoms with Crippen molar-refractivity contribution < 1.29 is 13.2 Å². The molecule has 1 saturated heterocycles. The molecule has 0 aliphatic carbocycles. The largest absolute Gasteiger partial charge is 0.344 e. The van der Waals surface area contributed by atoms with E-state index >= 15 is 0 Å². The number of amides is 1. The predicted octanol–water partition coefficient (Wildman–Crippen LogP) is 2.05. The molecule has 3 aromatic rings.